The molecular weight excluding hydrogens is 345 g/mol. The highest BCUT2D eigenvalue weighted by molar-refractivity contribution is 7.15. The number of nitrogens with zero attached hydrogens (tertiary/aromatic N) is 1. The molecule has 2 aromatic heterocycles. The third-order valence-electron chi connectivity index (χ3n) is 3.28. The number of anilines is 2. The molecule has 2 heterocycles. The van der Waals surface area contributed by atoms with Crippen LogP contribution in [0.4, 0.5) is 15.8 Å². The second kappa shape index (κ2) is 6.86. The molecule has 1 aromatic carbocycles. The number of amides is 2. The molecule has 0 atom stereocenters. The van der Waals surface area contributed by atoms with Gasteiger partial charge in [-0.1, -0.05) is 0 Å². The minimum atomic E-state index is -0.585. The van der Waals surface area contributed by atoms with Crippen molar-refractivity contribution in [1.29, 1.82) is 0 Å². The second-order valence-electron chi connectivity index (χ2n) is 5.23. The fourth-order valence-electron chi connectivity index (χ4n) is 2.19. The zero-order valence-corrected chi connectivity index (χ0v) is 14.2. The zero-order valence-electron chi connectivity index (χ0n) is 13.4. The highest BCUT2D eigenvalue weighted by Crippen LogP contribution is 2.28. The molecule has 3 aromatic rings. The summed E-state index contributed by atoms with van der Waals surface area (Å²) in [6.07, 6.45) is 1.54. The Morgan fingerprint density at radius 2 is 2.04 bits per heavy atom. The minimum absolute atomic E-state index is 0.00317. The normalized spacial score (nSPS) is 10.5. The van der Waals surface area contributed by atoms with Gasteiger partial charge >= 0.3 is 0 Å². The summed E-state index contributed by atoms with van der Waals surface area (Å²) in [5.74, 6) is -0.826. The maximum atomic E-state index is 13.7. The van der Waals surface area contributed by atoms with Crippen molar-refractivity contribution >= 4 is 34.5 Å². The van der Waals surface area contributed by atoms with Crippen molar-refractivity contribution in [3.05, 3.63) is 53.0 Å². The number of thiazole rings is 1. The van der Waals surface area contributed by atoms with Crippen molar-refractivity contribution in [2.45, 2.75) is 13.8 Å². The highest BCUT2D eigenvalue weighted by atomic mass is 32.1. The Labute approximate surface area is 146 Å². The Morgan fingerprint density at radius 3 is 2.72 bits per heavy atom. The fourth-order valence-corrected chi connectivity index (χ4v) is 3.07. The third-order valence-corrected chi connectivity index (χ3v) is 4.26. The van der Waals surface area contributed by atoms with Gasteiger partial charge < -0.3 is 15.1 Å². The molecule has 6 nitrogen and oxygen atoms in total. The monoisotopic (exact) mass is 359 g/mol. The van der Waals surface area contributed by atoms with Crippen molar-refractivity contribution < 1.29 is 18.4 Å². The Hall–Kier alpha value is -3.00. The van der Waals surface area contributed by atoms with Gasteiger partial charge in [0.05, 0.1) is 12.0 Å². The Kier molecular flexibility index (Phi) is 4.62. The number of carbonyl (C=O) groups is 2. The fraction of sp³-hybridized carbons (Fsp3) is 0.118. The maximum absolute atomic E-state index is 13.7. The second-order valence-corrected chi connectivity index (χ2v) is 6.43. The summed E-state index contributed by atoms with van der Waals surface area (Å²) in [6.45, 7) is 3.06. The lowest BCUT2D eigenvalue weighted by molar-refractivity contribution is -0.114. The molecule has 0 unspecified atom stereocenters. The number of nitrogens with one attached hydrogen (secondary N) is 2. The summed E-state index contributed by atoms with van der Waals surface area (Å²) < 4.78 is 19.0. The molecule has 25 heavy (non-hydrogen) atoms. The summed E-state index contributed by atoms with van der Waals surface area (Å²) in [5, 5.41) is 5.63. The first-order chi connectivity index (χ1) is 11.9. The lowest BCUT2D eigenvalue weighted by Gasteiger charge is -2.08. The summed E-state index contributed by atoms with van der Waals surface area (Å²) in [5.41, 5.74) is 0.612. The molecule has 0 saturated heterocycles. The molecule has 0 spiro atoms. The van der Waals surface area contributed by atoms with E-state index >= 15 is 0 Å². The minimum Gasteiger partial charge on any atom is -0.462 e. The molecule has 128 valence electrons. The predicted octanol–water partition coefficient (Wildman–Crippen LogP) is 4.06. The molecule has 2 N–H and O–H groups in total. The first-order valence-corrected chi connectivity index (χ1v) is 8.15. The molecule has 0 bridgehead atoms. The number of aromatic nitrogens is 1. The van der Waals surface area contributed by atoms with Crippen LogP contribution in [0, 0.1) is 12.7 Å². The number of halogens is 1. The van der Waals surface area contributed by atoms with Crippen LogP contribution in [0.2, 0.25) is 0 Å². The lowest BCUT2D eigenvalue weighted by Crippen LogP contribution is -2.14. The molecule has 0 aliphatic rings. The smallest absolute Gasteiger partial charge is 0.275 e. The topological polar surface area (TPSA) is 84.2 Å². The van der Waals surface area contributed by atoms with E-state index in [-0.39, 0.29) is 11.4 Å². The van der Waals surface area contributed by atoms with E-state index in [9.17, 15) is 14.0 Å². The van der Waals surface area contributed by atoms with Crippen LogP contribution >= 0.6 is 11.3 Å². The van der Waals surface area contributed by atoms with Crippen LogP contribution in [-0.2, 0) is 4.79 Å². The van der Waals surface area contributed by atoms with Gasteiger partial charge in [-0.15, -0.1) is 11.3 Å². The first kappa shape index (κ1) is 16.8. The Morgan fingerprint density at radius 1 is 1.24 bits per heavy atom. The molecule has 2 amide bonds. The molecule has 0 aliphatic carbocycles. The van der Waals surface area contributed by atoms with Gasteiger partial charge in [-0.3, -0.25) is 9.59 Å². The van der Waals surface area contributed by atoms with Crippen LogP contribution in [-0.4, -0.2) is 16.8 Å². The van der Waals surface area contributed by atoms with Gasteiger partial charge in [-0.05, 0) is 37.3 Å². The van der Waals surface area contributed by atoms with E-state index < -0.39 is 17.6 Å². The van der Waals surface area contributed by atoms with Crippen LogP contribution in [0.1, 0.15) is 22.3 Å². The predicted molar refractivity (Wildman–Crippen MR) is 93.2 cm³/mol. The van der Waals surface area contributed by atoms with Gasteiger partial charge in [0.25, 0.3) is 5.91 Å². The molecule has 0 aliphatic heterocycles. The van der Waals surface area contributed by atoms with E-state index in [1.54, 1.807) is 19.1 Å². The van der Waals surface area contributed by atoms with Crippen LogP contribution in [0.3, 0.4) is 0 Å². The van der Waals surface area contributed by atoms with Gasteiger partial charge in [0.1, 0.15) is 11.5 Å². The van der Waals surface area contributed by atoms with Gasteiger partial charge in [0.2, 0.25) is 5.91 Å². The maximum Gasteiger partial charge on any atom is 0.275 e. The van der Waals surface area contributed by atoms with Crippen molar-refractivity contribution in [3.8, 4) is 10.8 Å². The number of hydrogen-bond acceptors (Lipinski definition) is 5. The number of aryl methyl sites for hydroxylation is 1. The van der Waals surface area contributed by atoms with Gasteiger partial charge in [-0.25, -0.2) is 9.37 Å². The van der Waals surface area contributed by atoms with Gasteiger partial charge in [0, 0.05) is 17.5 Å². The van der Waals surface area contributed by atoms with Crippen LogP contribution in [0.25, 0.3) is 10.8 Å². The molecule has 8 heteroatoms. The van der Waals surface area contributed by atoms with Crippen LogP contribution < -0.4 is 10.6 Å². The van der Waals surface area contributed by atoms with E-state index in [1.165, 1.54) is 42.7 Å². The van der Waals surface area contributed by atoms with Crippen molar-refractivity contribution in [2.24, 2.45) is 0 Å². The average Bonchev–Trinajstić information content (AvgIpc) is 3.19. The van der Waals surface area contributed by atoms with E-state index in [0.29, 0.717) is 16.5 Å². The zero-order chi connectivity index (χ0) is 18.0. The number of furan rings is 1. The summed E-state index contributed by atoms with van der Waals surface area (Å²) >= 11 is 1.34. The lowest BCUT2D eigenvalue weighted by atomic mass is 10.2. The average molecular weight is 359 g/mol. The third kappa shape index (κ3) is 3.74. The molecule has 3 rings (SSSR count). The SMILES string of the molecule is CC(=O)Nc1cc(NC(=O)c2nc(-c3ccco3)sc2C)ccc1F. The summed E-state index contributed by atoms with van der Waals surface area (Å²) in [4.78, 5) is 28.6. The van der Waals surface area contributed by atoms with Crippen molar-refractivity contribution in [1.82, 2.24) is 4.98 Å². The number of hydrogen-bond donors (Lipinski definition) is 2. The Bertz CT molecular complexity index is 935. The van der Waals surface area contributed by atoms with Crippen molar-refractivity contribution in [3.63, 3.8) is 0 Å². The van der Waals surface area contributed by atoms with Gasteiger partial charge in [-0.2, -0.15) is 0 Å². The number of benzene rings is 1. The highest BCUT2D eigenvalue weighted by Gasteiger charge is 2.18. The van der Waals surface area contributed by atoms with Crippen LogP contribution in [0.5, 0.6) is 0 Å². The van der Waals surface area contributed by atoms with E-state index in [2.05, 4.69) is 15.6 Å². The standard InChI is InChI=1S/C17H14FN3O3S/c1-9-15(21-17(25-9)14-4-3-7-24-14)16(23)20-11-5-6-12(18)13(8-11)19-10(2)22/h3-8H,1-2H3,(H,19,22)(H,20,23). The van der Waals surface area contributed by atoms with Crippen molar-refractivity contribution in [2.75, 3.05) is 10.6 Å². The van der Waals surface area contributed by atoms with E-state index in [4.69, 9.17) is 4.42 Å². The molecular formula is C17H14FN3O3S. The number of rotatable bonds is 4. The number of carbonyl (C=O) groups excluding carboxylic acids is 2. The quantitative estimate of drug-likeness (QED) is 0.736. The van der Waals surface area contributed by atoms with Crippen LogP contribution in [0.15, 0.2) is 41.0 Å². The first-order valence-electron chi connectivity index (χ1n) is 7.34. The molecule has 0 fully saturated rings. The summed E-state index contributed by atoms with van der Waals surface area (Å²) in [6, 6.07) is 7.44. The molecule has 0 saturated carbocycles. The summed E-state index contributed by atoms with van der Waals surface area (Å²) in [7, 11) is 0. The van der Waals surface area contributed by atoms with E-state index in [1.807, 2.05) is 0 Å². The Balaban J connectivity index is 1.82. The molecule has 0 radical (unpaired) electrons. The largest absolute Gasteiger partial charge is 0.462 e. The van der Waals surface area contributed by atoms with Gasteiger partial charge in [0.15, 0.2) is 10.8 Å². The van der Waals surface area contributed by atoms with E-state index in [0.717, 1.165) is 4.88 Å².